The topological polar surface area (TPSA) is 52.5 Å². The normalized spacial score (nSPS) is 14.0. The van der Waals surface area contributed by atoms with Crippen LogP contribution in [-0.2, 0) is 0 Å². The Bertz CT molecular complexity index is 496. The number of rotatable bonds is 5. The Morgan fingerprint density at radius 2 is 1.58 bits per heavy atom. The van der Waals surface area contributed by atoms with E-state index in [2.05, 4.69) is 5.32 Å². The van der Waals surface area contributed by atoms with Crippen molar-refractivity contribution < 1.29 is 10.2 Å². The van der Waals surface area contributed by atoms with Crippen LogP contribution in [0.2, 0.25) is 0 Å². The molecular formula is C16H19NO2. The molecule has 0 heterocycles. The molecule has 0 aliphatic rings. The molecule has 1 unspecified atom stereocenters. The molecule has 0 aromatic heterocycles. The second-order valence-corrected chi connectivity index (χ2v) is 4.63. The Hall–Kier alpha value is -1.84. The van der Waals surface area contributed by atoms with Crippen LogP contribution in [0.4, 0.5) is 0 Å². The van der Waals surface area contributed by atoms with E-state index in [4.69, 9.17) is 0 Å². The molecule has 2 aromatic rings. The summed E-state index contributed by atoms with van der Waals surface area (Å²) in [5, 5.41) is 22.2. The number of hydrogen-bond donors (Lipinski definition) is 3. The van der Waals surface area contributed by atoms with Crippen molar-refractivity contribution in [1.82, 2.24) is 5.32 Å². The quantitative estimate of drug-likeness (QED) is 0.772. The highest BCUT2D eigenvalue weighted by Gasteiger charge is 2.14. The van der Waals surface area contributed by atoms with Crippen LogP contribution in [0.15, 0.2) is 54.6 Å². The van der Waals surface area contributed by atoms with Gasteiger partial charge in [-0.15, -0.1) is 0 Å². The van der Waals surface area contributed by atoms with E-state index in [0.29, 0.717) is 0 Å². The summed E-state index contributed by atoms with van der Waals surface area (Å²) in [6.07, 6.45) is 0. The van der Waals surface area contributed by atoms with Gasteiger partial charge >= 0.3 is 0 Å². The van der Waals surface area contributed by atoms with E-state index >= 15 is 0 Å². The minimum Gasteiger partial charge on any atom is -0.508 e. The standard InChI is InChI=1S/C16H19NO2/c1-12(13-7-9-15(19)10-8-13)17-16(11-18)14-5-3-2-4-6-14/h2-10,12,16-19H,11H2,1H3/t12?,16-/m0/s1. The van der Waals surface area contributed by atoms with Crippen molar-refractivity contribution in [3.63, 3.8) is 0 Å². The number of aliphatic hydroxyl groups excluding tert-OH is 1. The third kappa shape index (κ3) is 3.56. The Kier molecular flexibility index (Phi) is 4.55. The lowest BCUT2D eigenvalue weighted by atomic mass is 10.0. The summed E-state index contributed by atoms with van der Waals surface area (Å²) in [7, 11) is 0. The molecule has 2 rings (SSSR count). The summed E-state index contributed by atoms with van der Waals surface area (Å²) in [4.78, 5) is 0. The van der Waals surface area contributed by atoms with Gasteiger partial charge in [-0.25, -0.2) is 0 Å². The highest BCUT2D eigenvalue weighted by molar-refractivity contribution is 5.28. The van der Waals surface area contributed by atoms with E-state index in [0.717, 1.165) is 11.1 Å². The predicted molar refractivity (Wildman–Crippen MR) is 75.9 cm³/mol. The molecule has 0 saturated heterocycles. The molecule has 19 heavy (non-hydrogen) atoms. The zero-order chi connectivity index (χ0) is 13.7. The Morgan fingerprint density at radius 3 is 2.16 bits per heavy atom. The second-order valence-electron chi connectivity index (χ2n) is 4.63. The van der Waals surface area contributed by atoms with Crippen molar-refractivity contribution in [3.8, 4) is 5.75 Å². The first-order valence-corrected chi connectivity index (χ1v) is 6.41. The number of benzene rings is 2. The first kappa shape index (κ1) is 13.6. The largest absolute Gasteiger partial charge is 0.508 e. The maximum atomic E-state index is 9.52. The fraction of sp³-hybridized carbons (Fsp3) is 0.250. The van der Waals surface area contributed by atoms with Crippen molar-refractivity contribution in [2.75, 3.05) is 6.61 Å². The van der Waals surface area contributed by atoms with Crippen LogP contribution in [0.3, 0.4) is 0 Å². The van der Waals surface area contributed by atoms with Crippen LogP contribution >= 0.6 is 0 Å². The van der Waals surface area contributed by atoms with Gasteiger partial charge in [0.25, 0.3) is 0 Å². The zero-order valence-corrected chi connectivity index (χ0v) is 11.0. The molecule has 0 spiro atoms. The van der Waals surface area contributed by atoms with Crippen molar-refractivity contribution >= 4 is 0 Å². The van der Waals surface area contributed by atoms with Crippen LogP contribution in [0.5, 0.6) is 5.75 Å². The minimum atomic E-state index is -0.0926. The van der Waals surface area contributed by atoms with Gasteiger partial charge in [-0.1, -0.05) is 42.5 Å². The second kappa shape index (κ2) is 6.36. The number of hydrogen-bond acceptors (Lipinski definition) is 3. The average molecular weight is 257 g/mol. The van der Waals surface area contributed by atoms with Gasteiger partial charge in [-0.2, -0.15) is 0 Å². The molecule has 0 aliphatic carbocycles. The van der Waals surface area contributed by atoms with Gasteiger partial charge in [0.15, 0.2) is 0 Å². The zero-order valence-electron chi connectivity index (χ0n) is 11.0. The Balaban J connectivity index is 2.08. The highest BCUT2D eigenvalue weighted by atomic mass is 16.3. The van der Waals surface area contributed by atoms with Gasteiger partial charge in [0.1, 0.15) is 5.75 Å². The number of phenols is 1. The predicted octanol–water partition coefficient (Wildman–Crippen LogP) is 2.78. The fourth-order valence-corrected chi connectivity index (χ4v) is 2.10. The van der Waals surface area contributed by atoms with Crippen LogP contribution < -0.4 is 5.32 Å². The van der Waals surface area contributed by atoms with E-state index in [1.807, 2.05) is 49.4 Å². The minimum absolute atomic E-state index is 0.0481. The van der Waals surface area contributed by atoms with E-state index in [9.17, 15) is 10.2 Å². The first-order chi connectivity index (χ1) is 9.20. The fourth-order valence-electron chi connectivity index (χ4n) is 2.10. The summed E-state index contributed by atoms with van der Waals surface area (Å²) in [6.45, 7) is 2.09. The molecule has 100 valence electrons. The summed E-state index contributed by atoms with van der Waals surface area (Å²) in [5.41, 5.74) is 2.14. The molecule has 0 saturated carbocycles. The maximum Gasteiger partial charge on any atom is 0.115 e. The van der Waals surface area contributed by atoms with E-state index < -0.39 is 0 Å². The molecule has 2 atom stereocenters. The van der Waals surface area contributed by atoms with Crippen molar-refractivity contribution in [2.24, 2.45) is 0 Å². The smallest absolute Gasteiger partial charge is 0.115 e. The van der Waals surface area contributed by atoms with Gasteiger partial charge in [-0.05, 0) is 30.2 Å². The number of aliphatic hydroxyl groups is 1. The van der Waals surface area contributed by atoms with E-state index in [1.165, 1.54) is 0 Å². The molecule has 0 radical (unpaired) electrons. The van der Waals surface area contributed by atoms with Crippen molar-refractivity contribution in [1.29, 1.82) is 0 Å². The van der Waals surface area contributed by atoms with Crippen molar-refractivity contribution in [2.45, 2.75) is 19.0 Å². The van der Waals surface area contributed by atoms with Gasteiger partial charge < -0.3 is 15.5 Å². The molecule has 0 aliphatic heterocycles. The Morgan fingerprint density at radius 1 is 0.947 bits per heavy atom. The highest BCUT2D eigenvalue weighted by Crippen LogP contribution is 2.21. The van der Waals surface area contributed by atoms with Crippen LogP contribution in [0, 0.1) is 0 Å². The van der Waals surface area contributed by atoms with Crippen LogP contribution in [-0.4, -0.2) is 16.8 Å². The van der Waals surface area contributed by atoms with Gasteiger partial charge in [-0.3, -0.25) is 0 Å². The molecule has 0 fully saturated rings. The summed E-state index contributed by atoms with van der Waals surface area (Å²) in [5.74, 6) is 0.262. The monoisotopic (exact) mass is 257 g/mol. The number of nitrogens with one attached hydrogen (secondary N) is 1. The van der Waals surface area contributed by atoms with Crippen LogP contribution in [0.25, 0.3) is 0 Å². The molecule has 3 N–H and O–H groups in total. The molecule has 3 heteroatoms. The van der Waals surface area contributed by atoms with Gasteiger partial charge in [0.2, 0.25) is 0 Å². The maximum absolute atomic E-state index is 9.52. The lowest BCUT2D eigenvalue weighted by molar-refractivity contribution is 0.235. The third-order valence-electron chi connectivity index (χ3n) is 3.23. The van der Waals surface area contributed by atoms with Gasteiger partial charge in [0, 0.05) is 6.04 Å². The summed E-state index contributed by atoms with van der Waals surface area (Å²) in [6, 6.07) is 17.0. The lowest BCUT2D eigenvalue weighted by Crippen LogP contribution is -2.27. The molecular weight excluding hydrogens is 238 g/mol. The third-order valence-corrected chi connectivity index (χ3v) is 3.23. The molecule has 2 aromatic carbocycles. The summed E-state index contributed by atoms with van der Waals surface area (Å²) < 4.78 is 0. The van der Waals surface area contributed by atoms with Gasteiger partial charge in [0.05, 0.1) is 12.6 Å². The molecule has 3 nitrogen and oxygen atoms in total. The van der Waals surface area contributed by atoms with E-state index in [-0.39, 0.29) is 24.4 Å². The molecule has 0 amide bonds. The Labute approximate surface area is 113 Å². The molecule has 0 bridgehead atoms. The first-order valence-electron chi connectivity index (χ1n) is 6.41. The van der Waals surface area contributed by atoms with Crippen LogP contribution in [0.1, 0.15) is 30.1 Å². The lowest BCUT2D eigenvalue weighted by Gasteiger charge is -2.22. The van der Waals surface area contributed by atoms with E-state index in [1.54, 1.807) is 12.1 Å². The van der Waals surface area contributed by atoms with Crippen molar-refractivity contribution in [3.05, 3.63) is 65.7 Å². The average Bonchev–Trinajstić information content (AvgIpc) is 2.46. The number of phenolic OH excluding ortho intramolecular Hbond substituents is 1. The summed E-state index contributed by atoms with van der Waals surface area (Å²) >= 11 is 0. The number of aromatic hydroxyl groups is 1. The SMILES string of the molecule is CC(N[C@@H](CO)c1ccccc1)c1ccc(O)cc1.